The van der Waals surface area contributed by atoms with Crippen LogP contribution in [0.25, 0.3) is 0 Å². The van der Waals surface area contributed by atoms with Gasteiger partial charge in [0.05, 0.1) is 4.47 Å². The summed E-state index contributed by atoms with van der Waals surface area (Å²) in [4.78, 5) is 0. The average Bonchev–Trinajstić information content (AvgIpc) is 2.44. The van der Waals surface area contributed by atoms with Gasteiger partial charge in [-0.1, -0.05) is 30.9 Å². The zero-order valence-electron chi connectivity index (χ0n) is 10.2. The number of hydrogen-bond donors (Lipinski definition) is 1. The van der Waals surface area contributed by atoms with Gasteiger partial charge in [-0.05, 0) is 28.8 Å². The lowest BCUT2D eigenvalue weighted by molar-refractivity contribution is 0.285. The second kappa shape index (κ2) is 5.62. The standard InChI is InChI=1S/C13H14BrClF3N/c14-8-7(10(16)12(18)9(15)11(8)17)13(6-19)4-2-1-3-5-13/h1-6,19H2. The van der Waals surface area contributed by atoms with Crippen molar-refractivity contribution in [2.75, 3.05) is 6.54 Å². The number of nitrogens with two attached hydrogens (primary N) is 1. The summed E-state index contributed by atoms with van der Waals surface area (Å²) in [6, 6.07) is 0. The summed E-state index contributed by atoms with van der Waals surface area (Å²) in [6.45, 7) is 0.156. The van der Waals surface area contributed by atoms with Gasteiger partial charge >= 0.3 is 0 Å². The van der Waals surface area contributed by atoms with Gasteiger partial charge in [0, 0.05) is 17.5 Å². The molecule has 0 heterocycles. The Morgan fingerprint density at radius 1 is 1.05 bits per heavy atom. The predicted octanol–water partition coefficient (Wildman–Crippen LogP) is 4.68. The van der Waals surface area contributed by atoms with Crippen LogP contribution in [0.1, 0.15) is 37.7 Å². The Kier molecular flexibility index (Phi) is 4.48. The lowest BCUT2D eigenvalue weighted by atomic mass is 9.69. The minimum atomic E-state index is -1.34. The van der Waals surface area contributed by atoms with Gasteiger partial charge in [-0.15, -0.1) is 0 Å². The quantitative estimate of drug-likeness (QED) is 0.604. The second-order valence-corrected chi connectivity index (χ2v) is 6.16. The Morgan fingerprint density at radius 2 is 1.63 bits per heavy atom. The van der Waals surface area contributed by atoms with E-state index in [9.17, 15) is 13.2 Å². The summed E-state index contributed by atoms with van der Waals surface area (Å²) in [7, 11) is 0. The molecule has 19 heavy (non-hydrogen) atoms. The van der Waals surface area contributed by atoms with Gasteiger partial charge in [0.25, 0.3) is 0 Å². The largest absolute Gasteiger partial charge is 0.330 e. The topological polar surface area (TPSA) is 26.0 Å². The van der Waals surface area contributed by atoms with Crippen molar-refractivity contribution in [3.05, 3.63) is 32.5 Å². The van der Waals surface area contributed by atoms with Crippen molar-refractivity contribution in [2.24, 2.45) is 5.73 Å². The van der Waals surface area contributed by atoms with Crippen LogP contribution in [-0.4, -0.2) is 6.54 Å². The van der Waals surface area contributed by atoms with Crippen LogP contribution in [0.5, 0.6) is 0 Å². The molecule has 6 heteroatoms. The molecule has 1 aliphatic carbocycles. The third-order valence-electron chi connectivity index (χ3n) is 3.94. The van der Waals surface area contributed by atoms with E-state index in [4.69, 9.17) is 17.3 Å². The van der Waals surface area contributed by atoms with Gasteiger partial charge in [-0.25, -0.2) is 13.2 Å². The molecule has 1 fully saturated rings. The molecule has 2 N–H and O–H groups in total. The highest BCUT2D eigenvalue weighted by Crippen LogP contribution is 2.45. The smallest absolute Gasteiger partial charge is 0.180 e. The molecule has 1 aromatic rings. The van der Waals surface area contributed by atoms with Crippen LogP contribution in [0.3, 0.4) is 0 Å². The maximum absolute atomic E-state index is 14.2. The van der Waals surface area contributed by atoms with Crippen LogP contribution in [0.15, 0.2) is 4.47 Å². The summed E-state index contributed by atoms with van der Waals surface area (Å²) in [6.07, 6.45) is 4.02. The molecule has 0 amide bonds. The summed E-state index contributed by atoms with van der Waals surface area (Å²) in [5, 5.41) is -0.823. The van der Waals surface area contributed by atoms with E-state index >= 15 is 0 Å². The van der Waals surface area contributed by atoms with Gasteiger partial charge in [0.2, 0.25) is 0 Å². The van der Waals surface area contributed by atoms with E-state index in [1.807, 2.05) is 0 Å². The fourth-order valence-electron chi connectivity index (χ4n) is 2.86. The van der Waals surface area contributed by atoms with E-state index in [2.05, 4.69) is 15.9 Å². The van der Waals surface area contributed by atoms with Gasteiger partial charge in [-0.3, -0.25) is 0 Å². The highest BCUT2D eigenvalue weighted by molar-refractivity contribution is 9.10. The summed E-state index contributed by atoms with van der Waals surface area (Å²) < 4.78 is 41.7. The molecule has 1 aromatic carbocycles. The van der Waals surface area contributed by atoms with E-state index in [0.717, 1.165) is 19.3 Å². The van der Waals surface area contributed by atoms with Crippen molar-refractivity contribution < 1.29 is 13.2 Å². The summed E-state index contributed by atoms with van der Waals surface area (Å²) in [5.74, 6) is -3.39. The molecule has 0 radical (unpaired) electrons. The van der Waals surface area contributed by atoms with Gasteiger partial charge in [0.1, 0.15) is 5.02 Å². The second-order valence-electron chi connectivity index (χ2n) is 4.99. The van der Waals surface area contributed by atoms with Crippen molar-refractivity contribution in [3.8, 4) is 0 Å². The Bertz CT molecular complexity index is 472. The fraction of sp³-hybridized carbons (Fsp3) is 0.538. The third kappa shape index (κ3) is 2.41. The number of halogens is 5. The van der Waals surface area contributed by atoms with Crippen LogP contribution in [0.4, 0.5) is 13.2 Å². The van der Waals surface area contributed by atoms with Crippen molar-refractivity contribution in [2.45, 2.75) is 37.5 Å². The van der Waals surface area contributed by atoms with E-state index < -0.39 is 27.9 Å². The molecule has 0 aromatic heterocycles. The molecular formula is C13H14BrClF3N. The molecule has 106 valence electrons. The van der Waals surface area contributed by atoms with Gasteiger partial charge < -0.3 is 5.73 Å². The summed E-state index contributed by atoms with van der Waals surface area (Å²) in [5.41, 5.74) is 5.06. The van der Waals surface area contributed by atoms with Crippen LogP contribution in [-0.2, 0) is 5.41 Å². The highest BCUT2D eigenvalue weighted by Gasteiger charge is 2.39. The average molecular weight is 357 g/mol. The summed E-state index contributed by atoms with van der Waals surface area (Å²) >= 11 is 8.44. The molecule has 0 bridgehead atoms. The van der Waals surface area contributed by atoms with E-state index in [1.54, 1.807) is 0 Å². The Hall–Kier alpha value is -0.260. The lowest BCUT2D eigenvalue weighted by Gasteiger charge is -2.37. The normalized spacial score (nSPS) is 18.6. The van der Waals surface area contributed by atoms with Gasteiger partial charge in [-0.2, -0.15) is 0 Å². The van der Waals surface area contributed by atoms with Crippen molar-refractivity contribution >= 4 is 27.5 Å². The maximum atomic E-state index is 14.2. The molecule has 0 saturated heterocycles. The number of hydrogen-bond acceptors (Lipinski definition) is 1. The van der Waals surface area contributed by atoms with Crippen molar-refractivity contribution in [3.63, 3.8) is 0 Å². The first kappa shape index (κ1) is 15.1. The fourth-order valence-corrected chi connectivity index (χ4v) is 3.94. The molecule has 0 aliphatic heterocycles. The molecule has 2 rings (SSSR count). The van der Waals surface area contributed by atoms with Gasteiger partial charge in [0.15, 0.2) is 17.5 Å². The first-order chi connectivity index (χ1) is 8.94. The maximum Gasteiger partial charge on any atom is 0.180 e. The van der Waals surface area contributed by atoms with Crippen molar-refractivity contribution in [1.29, 1.82) is 0 Å². The monoisotopic (exact) mass is 355 g/mol. The Morgan fingerprint density at radius 3 is 2.16 bits per heavy atom. The molecule has 0 unspecified atom stereocenters. The van der Waals surface area contributed by atoms with Crippen LogP contribution < -0.4 is 5.73 Å². The third-order valence-corrected chi connectivity index (χ3v) is 5.02. The van der Waals surface area contributed by atoms with Crippen LogP contribution in [0, 0.1) is 17.5 Å². The Labute approximate surface area is 123 Å². The molecule has 1 nitrogen and oxygen atoms in total. The first-order valence-electron chi connectivity index (χ1n) is 6.16. The number of rotatable bonds is 2. The zero-order chi connectivity index (χ0) is 14.2. The first-order valence-corrected chi connectivity index (χ1v) is 7.33. The minimum absolute atomic E-state index is 0.00546. The van der Waals surface area contributed by atoms with E-state index in [-0.39, 0.29) is 16.6 Å². The molecule has 0 atom stereocenters. The van der Waals surface area contributed by atoms with Crippen LogP contribution in [0.2, 0.25) is 5.02 Å². The number of benzene rings is 1. The molecule has 1 aliphatic rings. The minimum Gasteiger partial charge on any atom is -0.330 e. The SMILES string of the molecule is NCC1(c2c(F)c(F)c(Cl)c(F)c2Br)CCCCC1. The molecular weight excluding hydrogens is 343 g/mol. The highest BCUT2D eigenvalue weighted by atomic mass is 79.9. The lowest BCUT2D eigenvalue weighted by Crippen LogP contribution is -2.38. The molecule has 1 saturated carbocycles. The van der Waals surface area contributed by atoms with E-state index in [0.29, 0.717) is 12.8 Å². The Balaban J connectivity index is 2.67. The van der Waals surface area contributed by atoms with Crippen molar-refractivity contribution in [1.82, 2.24) is 0 Å². The zero-order valence-corrected chi connectivity index (χ0v) is 12.6. The predicted molar refractivity (Wildman–Crippen MR) is 72.8 cm³/mol. The molecule has 0 spiro atoms. The van der Waals surface area contributed by atoms with E-state index in [1.165, 1.54) is 0 Å². The van der Waals surface area contributed by atoms with Crippen LogP contribution >= 0.6 is 27.5 Å².